The first kappa shape index (κ1) is 12.7. The van der Waals surface area contributed by atoms with Crippen molar-refractivity contribution in [1.29, 1.82) is 0 Å². The normalized spacial score (nSPS) is 10.7. The number of carbonyl (C=O) groups is 1. The molecule has 0 saturated carbocycles. The van der Waals surface area contributed by atoms with E-state index in [-0.39, 0.29) is 5.91 Å². The summed E-state index contributed by atoms with van der Waals surface area (Å²) in [6.45, 7) is 5.54. The number of aromatic amines is 1. The second kappa shape index (κ2) is 7.00. The molecule has 5 heteroatoms. The Kier molecular flexibility index (Phi) is 5.56. The van der Waals surface area contributed by atoms with Gasteiger partial charge in [0, 0.05) is 24.9 Å². The van der Waals surface area contributed by atoms with Crippen LogP contribution in [0.4, 0.5) is 0 Å². The molecule has 0 aliphatic rings. The van der Waals surface area contributed by atoms with Crippen molar-refractivity contribution >= 4 is 5.91 Å². The van der Waals surface area contributed by atoms with Gasteiger partial charge < -0.3 is 15.6 Å². The Morgan fingerprint density at radius 2 is 2.38 bits per heavy atom. The number of amides is 1. The molecule has 0 fully saturated rings. The molecule has 0 aliphatic heterocycles. The number of nitrogens with one attached hydrogen (secondary N) is 3. The molecule has 0 bridgehead atoms. The van der Waals surface area contributed by atoms with Crippen LogP contribution in [0.25, 0.3) is 0 Å². The van der Waals surface area contributed by atoms with Crippen molar-refractivity contribution in [3.05, 3.63) is 18.2 Å². The highest BCUT2D eigenvalue weighted by molar-refractivity contribution is 5.75. The van der Waals surface area contributed by atoms with Gasteiger partial charge in [0.25, 0.3) is 0 Å². The average molecular weight is 224 g/mol. The summed E-state index contributed by atoms with van der Waals surface area (Å²) in [5, 5.41) is 6.08. The molecule has 3 N–H and O–H groups in total. The van der Waals surface area contributed by atoms with E-state index in [1.54, 1.807) is 12.4 Å². The van der Waals surface area contributed by atoms with E-state index in [2.05, 4.69) is 34.4 Å². The summed E-state index contributed by atoms with van der Waals surface area (Å²) in [7, 11) is 0. The van der Waals surface area contributed by atoms with Crippen LogP contribution < -0.4 is 10.6 Å². The van der Waals surface area contributed by atoms with Gasteiger partial charge in [-0.15, -0.1) is 0 Å². The lowest BCUT2D eigenvalue weighted by Crippen LogP contribution is -2.27. The molecule has 0 unspecified atom stereocenters. The highest BCUT2D eigenvalue weighted by Gasteiger charge is 2.02. The molecule has 1 aromatic heterocycles. The molecule has 16 heavy (non-hydrogen) atoms. The standard InChI is InChI=1S/C11H20N4O/c1-9(2)12-5-3-4-11(16)15-8-10-13-6-7-14-10/h6-7,9,12H,3-5,8H2,1-2H3,(H,13,14)(H,15,16). The molecular formula is C11H20N4O. The zero-order chi connectivity index (χ0) is 11.8. The fraction of sp³-hybridized carbons (Fsp3) is 0.636. The Balaban J connectivity index is 2.03. The van der Waals surface area contributed by atoms with Crippen LogP contribution in [0.15, 0.2) is 12.4 Å². The Morgan fingerprint density at radius 3 is 3.00 bits per heavy atom. The van der Waals surface area contributed by atoms with Gasteiger partial charge in [0.15, 0.2) is 0 Å². The first-order chi connectivity index (χ1) is 7.68. The Hall–Kier alpha value is -1.36. The summed E-state index contributed by atoms with van der Waals surface area (Å²) < 4.78 is 0. The van der Waals surface area contributed by atoms with Gasteiger partial charge in [-0.05, 0) is 13.0 Å². The molecule has 0 atom stereocenters. The molecule has 0 radical (unpaired) electrons. The third-order valence-corrected chi connectivity index (χ3v) is 2.14. The van der Waals surface area contributed by atoms with Gasteiger partial charge in [0.2, 0.25) is 5.91 Å². The van der Waals surface area contributed by atoms with Crippen LogP contribution in [0.1, 0.15) is 32.5 Å². The van der Waals surface area contributed by atoms with Crippen molar-refractivity contribution in [3.8, 4) is 0 Å². The second-order valence-corrected chi connectivity index (χ2v) is 4.02. The monoisotopic (exact) mass is 224 g/mol. The fourth-order valence-corrected chi connectivity index (χ4v) is 1.31. The van der Waals surface area contributed by atoms with E-state index < -0.39 is 0 Å². The second-order valence-electron chi connectivity index (χ2n) is 4.02. The van der Waals surface area contributed by atoms with Crippen molar-refractivity contribution in [2.24, 2.45) is 0 Å². The highest BCUT2D eigenvalue weighted by Crippen LogP contribution is 1.91. The minimum atomic E-state index is 0.0713. The first-order valence-corrected chi connectivity index (χ1v) is 5.67. The number of nitrogens with zero attached hydrogens (tertiary/aromatic N) is 1. The Bertz CT molecular complexity index is 295. The largest absolute Gasteiger partial charge is 0.349 e. The summed E-state index contributed by atoms with van der Waals surface area (Å²) in [5.74, 6) is 0.857. The van der Waals surface area contributed by atoms with E-state index in [4.69, 9.17) is 0 Å². The minimum Gasteiger partial charge on any atom is -0.349 e. The van der Waals surface area contributed by atoms with Gasteiger partial charge in [0.05, 0.1) is 6.54 Å². The van der Waals surface area contributed by atoms with Gasteiger partial charge in [0.1, 0.15) is 5.82 Å². The molecular weight excluding hydrogens is 204 g/mol. The van der Waals surface area contributed by atoms with Crippen LogP contribution in [0.2, 0.25) is 0 Å². The van der Waals surface area contributed by atoms with E-state index in [1.165, 1.54) is 0 Å². The molecule has 1 heterocycles. The number of imidazole rings is 1. The molecule has 90 valence electrons. The highest BCUT2D eigenvalue weighted by atomic mass is 16.1. The van der Waals surface area contributed by atoms with Crippen LogP contribution in [0.5, 0.6) is 0 Å². The molecule has 0 saturated heterocycles. The van der Waals surface area contributed by atoms with Crippen LogP contribution in [0.3, 0.4) is 0 Å². The molecule has 1 amide bonds. The topological polar surface area (TPSA) is 69.8 Å². The zero-order valence-electron chi connectivity index (χ0n) is 9.92. The Labute approximate surface area is 96.0 Å². The van der Waals surface area contributed by atoms with Crippen LogP contribution in [0, 0.1) is 0 Å². The third-order valence-electron chi connectivity index (χ3n) is 2.14. The smallest absolute Gasteiger partial charge is 0.220 e. The number of hydrogen-bond acceptors (Lipinski definition) is 3. The fourth-order valence-electron chi connectivity index (χ4n) is 1.31. The number of hydrogen-bond donors (Lipinski definition) is 3. The van der Waals surface area contributed by atoms with Crippen LogP contribution in [-0.2, 0) is 11.3 Å². The summed E-state index contributed by atoms with van der Waals surface area (Å²) in [5.41, 5.74) is 0. The predicted molar refractivity (Wildman–Crippen MR) is 62.8 cm³/mol. The average Bonchev–Trinajstić information content (AvgIpc) is 2.74. The zero-order valence-corrected chi connectivity index (χ0v) is 9.92. The third kappa shape index (κ3) is 5.50. The number of rotatable bonds is 7. The quantitative estimate of drug-likeness (QED) is 0.600. The van der Waals surface area contributed by atoms with E-state index in [0.717, 1.165) is 18.8 Å². The van der Waals surface area contributed by atoms with Gasteiger partial charge in [-0.1, -0.05) is 13.8 Å². The van der Waals surface area contributed by atoms with Gasteiger partial charge in [-0.25, -0.2) is 4.98 Å². The van der Waals surface area contributed by atoms with Crippen molar-refractivity contribution in [2.75, 3.05) is 6.54 Å². The lowest BCUT2D eigenvalue weighted by atomic mass is 10.2. The van der Waals surface area contributed by atoms with Crippen LogP contribution in [-0.4, -0.2) is 28.5 Å². The van der Waals surface area contributed by atoms with Crippen LogP contribution >= 0.6 is 0 Å². The summed E-state index contributed by atoms with van der Waals surface area (Å²) >= 11 is 0. The lowest BCUT2D eigenvalue weighted by Gasteiger charge is -2.07. The van der Waals surface area contributed by atoms with Gasteiger partial charge in [-0.2, -0.15) is 0 Å². The maximum Gasteiger partial charge on any atom is 0.220 e. The van der Waals surface area contributed by atoms with Gasteiger partial charge >= 0.3 is 0 Å². The first-order valence-electron chi connectivity index (χ1n) is 5.67. The minimum absolute atomic E-state index is 0.0713. The maximum atomic E-state index is 11.4. The summed E-state index contributed by atoms with van der Waals surface area (Å²) in [4.78, 5) is 18.4. The number of H-pyrrole nitrogens is 1. The Morgan fingerprint density at radius 1 is 1.56 bits per heavy atom. The molecule has 0 aliphatic carbocycles. The van der Waals surface area contributed by atoms with E-state index in [9.17, 15) is 4.79 Å². The predicted octanol–water partition coefficient (Wildman–Crippen LogP) is 0.804. The van der Waals surface area contributed by atoms with Crippen molar-refractivity contribution in [1.82, 2.24) is 20.6 Å². The van der Waals surface area contributed by atoms with E-state index in [1.807, 2.05) is 0 Å². The van der Waals surface area contributed by atoms with Crippen molar-refractivity contribution in [3.63, 3.8) is 0 Å². The maximum absolute atomic E-state index is 11.4. The molecule has 0 spiro atoms. The molecule has 1 aromatic rings. The number of aromatic nitrogens is 2. The molecule has 0 aromatic carbocycles. The van der Waals surface area contributed by atoms with Crippen molar-refractivity contribution < 1.29 is 4.79 Å². The van der Waals surface area contributed by atoms with Gasteiger partial charge in [-0.3, -0.25) is 4.79 Å². The molecule has 1 rings (SSSR count). The lowest BCUT2D eigenvalue weighted by molar-refractivity contribution is -0.121. The van der Waals surface area contributed by atoms with E-state index >= 15 is 0 Å². The molecule has 5 nitrogen and oxygen atoms in total. The number of carbonyl (C=O) groups excluding carboxylic acids is 1. The van der Waals surface area contributed by atoms with Crippen molar-refractivity contribution in [2.45, 2.75) is 39.3 Å². The summed E-state index contributed by atoms with van der Waals surface area (Å²) in [6, 6.07) is 0.478. The summed E-state index contributed by atoms with van der Waals surface area (Å²) in [6.07, 6.45) is 4.84. The van der Waals surface area contributed by atoms with E-state index in [0.29, 0.717) is 19.0 Å². The SMILES string of the molecule is CC(C)NCCCC(=O)NCc1ncc[nH]1.